The molecule has 52 valence electrons. The summed E-state index contributed by atoms with van der Waals surface area (Å²) in [6, 6.07) is -0.269. The van der Waals surface area contributed by atoms with Crippen LogP contribution in [0.4, 0.5) is 4.79 Å². The molecule has 2 amide bonds. The fourth-order valence-electron chi connectivity index (χ4n) is 1.11. The molecule has 3 heteroatoms. The highest BCUT2D eigenvalue weighted by molar-refractivity contribution is 5.71. The summed E-state index contributed by atoms with van der Waals surface area (Å²) in [7, 11) is 0. The van der Waals surface area contributed by atoms with E-state index >= 15 is 0 Å². The Kier molecular flexibility index (Phi) is 1.92. The van der Waals surface area contributed by atoms with Gasteiger partial charge in [0.1, 0.15) is 0 Å². The normalized spacial score (nSPS) is 19.8. The molecular formula is C6H12N2O. The number of rotatable bonds is 0. The maximum atomic E-state index is 10.5. The highest BCUT2D eigenvalue weighted by Gasteiger charge is 2.11. The number of nitrogens with zero attached hydrogens (tertiary/aromatic N) is 1. The Balaban J connectivity index is 2.31. The summed E-state index contributed by atoms with van der Waals surface area (Å²) >= 11 is 0. The van der Waals surface area contributed by atoms with Gasteiger partial charge in [0.15, 0.2) is 0 Å². The minimum absolute atomic E-state index is 0.269. The van der Waals surface area contributed by atoms with Crippen LogP contribution in [0.2, 0.25) is 0 Å². The van der Waals surface area contributed by atoms with Crippen molar-refractivity contribution in [2.75, 3.05) is 13.1 Å². The maximum Gasteiger partial charge on any atom is 0.314 e. The van der Waals surface area contributed by atoms with E-state index in [1.807, 2.05) is 0 Å². The van der Waals surface area contributed by atoms with Gasteiger partial charge in [0.2, 0.25) is 0 Å². The van der Waals surface area contributed by atoms with E-state index < -0.39 is 0 Å². The summed E-state index contributed by atoms with van der Waals surface area (Å²) in [4.78, 5) is 12.2. The third-order valence-corrected chi connectivity index (χ3v) is 1.67. The first-order chi connectivity index (χ1) is 4.30. The highest BCUT2D eigenvalue weighted by atomic mass is 16.2. The Bertz CT molecular complexity index is 108. The quantitative estimate of drug-likeness (QED) is 0.508. The number of nitrogens with two attached hydrogens (primary N) is 1. The Morgan fingerprint density at radius 2 is 1.78 bits per heavy atom. The van der Waals surface area contributed by atoms with E-state index in [0.29, 0.717) is 0 Å². The van der Waals surface area contributed by atoms with E-state index in [1.54, 1.807) is 4.90 Å². The largest absolute Gasteiger partial charge is 0.351 e. The van der Waals surface area contributed by atoms with Gasteiger partial charge in [0.05, 0.1) is 0 Å². The predicted molar refractivity (Wildman–Crippen MR) is 35.0 cm³/mol. The number of piperidine rings is 1. The molecule has 2 N–H and O–H groups in total. The number of carbonyl (C=O) groups is 1. The molecule has 0 unspecified atom stereocenters. The lowest BCUT2D eigenvalue weighted by Crippen LogP contribution is -2.39. The molecule has 1 heterocycles. The highest BCUT2D eigenvalue weighted by Crippen LogP contribution is 2.06. The van der Waals surface area contributed by atoms with Crippen LogP contribution in [0.15, 0.2) is 0 Å². The third kappa shape index (κ3) is 1.59. The smallest absolute Gasteiger partial charge is 0.314 e. The second-order valence-corrected chi connectivity index (χ2v) is 2.39. The van der Waals surface area contributed by atoms with Crippen LogP contribution in [-0.4, -0.2) is 24.0 Å². The van der Waals surface area contributed by atoms with Gasteiger partial charge in [-0.3, -0.25) is 0 Å². The summed E-state index contributed by atoms with van der Waals surface area (Å²) in [5.41, 5.74) is 5.05. The number of amides is 2. The summed E-state index contributed by atoms with van der Waals surface area (Å²) in [5, 5.41) is 0. The minimum atomic E-state index is -0.269. The van der Waals surface area contributed by atoms with Crippen molar-refractivity contribution >= 4 is 6.03 Å². The monoisotopic (exact) mass is 128 g/mol. The summed E-state index contributed by atoms with van der Waals surface area (Å²) in [6.07, 6.45) is 3.47. The zero-order valence-electron chi connectivity index (χ0n) is 5.47. The van der Waals surface area contributed by atoms with E-state index in [-0.39, 0.29) is 6.03 Å². The molecule has 0 aromatic carbocycles. The van der Waals surface area contributed by atoms with Gasteiger partial charge in [-0.25, -0.2) is 4.79 Å². The van der Waals surface area contributed by atoms with Gasteiger partial charge in [0.25, 0.3) is 0 Å². The molecule has 0 aliphatic carbocycles. The van der Waals surface area contributed by atoms with E-state index in [2.05, 4.69) is 0 Å². The van der Waals surface area contributed by atoms with Gasteiger partial charge in [-0.15, -0.1) is 0 Å². The molecule has 3 nitrogen and oxygen atoms in total. The number of likely N-dealkylation sites (tertiary alicyclic amines) is 1. The molecule has 1 aliphatic rings. The molecule has 0 saturated carbocycles. The average Bonchev–Trinajstić information content (AvgIpc) is 1.90. The average molecular weight is 128 g/mol. The van der Waals surface area contributed by atoms with Crippen LogP contribution >= 0.6 is 0 Å². The molecule has 0 aromatic rings. The van der Waals surface area contributed by atoms with Crippen LogP contribution in [0.1, 0.15) is 19.3 Å². The van der Waals surface area contributed by atoms with Gasteiger partial charge < -0.3 is 10.6 Å². The molecule has 1 fully saturated rings. The topological polar surface area (TPSA) is 46.3 Å². The lowest BCUT2D eigenvalue weighted by molar-refractivity contribution is 0.196. The number of hydrogen-bond donors (Lipinski definition) is 1. The predicted octanol–water partition coefficient (Wildman–Crippen LogP) is 0.551. The molecule has 0 atom stereocenters. The summed E-state index contributed by atoms with van der Waals surface area (Å²) in [6.45, 7) is 1.71. The number of primary amides is 1. The standard InChI is InChI=1S/C6H12N2O/c7-6(9)8-4-2-1-3-5-8/h1-5H2,(H2,7,9). The lowest BCUT2D eigenvalue weighted by Gasteiger charge is -2.24. The fourth-order valence-corrected chi connectivity index (χ4v) is 1.11. The Labute approximate surface area is 54.8 Å². The molecule has 1 rings (SSSR count). The minimum Gasteiger partial charge on any atom is -0.351 e. The molecule has 0 aromatic heterocycles. The molecule has 1 saturated heterocycles. The maximum absolute atomic E-state index is 10.5. The Morgan fingerprint density at radius 3 is 2.11 bits per heavy atom. The van der Waals surface area contributed by atoms with E-state index in [4.69, 9.17) is 5.73 Å². The first-order valence-electron chi connectivity index (χ1n) is 3.35. The number of hydrogen-bond acceptors (Lipinski definition) is 1. The van der Waals surface area contributed by atoms with Gasteiger partial charge in [-0.1, -0.05) is 0 Å². The second-order valence-electron chi connectivity index (χ2n) is 2.39. The fraction of sp³-hybridized carbons (Fsp3) is 0.833. The van der Waals surface area contributed by atoms with Gasteiger partial charge in [0, 0.05) is 13.1 Å². The van der Waals surface area contributed by atoms with E-state index in [0.717, 1.165) is 25.9 Å². The molecular weight excluding hydrogens is 116 g/mol. The SMILES string of the molecule is NC(=O)N1CCCCC1. The van der Waals surface area contributed by atoms with Crippen LogP contribution in [0.3, 0.4) is 0 Å². The zero-order chi connectivity index (χ0) is 6.69. The van der Waals surface area contributed by atoms with Crippen molar-refractivity contribution in [3.8, 4) is 0 Å². The van der Waals surface area contributed by atoms with Crippen molar-refractivity contribution in [2.45, 2.75) is 19.3 Å². The number of carbonyl (C=O) groups excluding carboxylic acids is 1. The Morgan fingerprint density at radius 1 is 1.22 bits per heavy atom. The summed E-state index contributed by atoms with van der Waals surface area (Å²) < 4.78 is 0. The first-order valence-corrected chi connectivity index (χ1v) is 3.35. The van der Waals surface area contributed by atoms with Gasteiger partial charge >= 0.3 is 6.03 Å². The molecule has 0 bridgehead atoms. The van der Waals surface area contributed by atoms with E-state index in [9.17, 15) is 4.79 Å². The number of urea groups is 1. The molecule has 0 spiro atoms. The van der Waals surface area contributed by atoms with Gasteiger partial charge in [-0.2, -0.15) is 0 Å². The van der Waals surface area contributed by atoms with Crippen LogP contribution in [0.25, 0.3) is 0 Å². The van der Waals surface area contributed by atoms with Crippen LogP contribution in [0, 0.1) is 0 Å². The van der Waals surface area contributed by atoms with Gasteiger partial charge in [-0.05, 0) is 19.3 Å². The van der Waals surface area contributed by atoms with Crippen LogP contribution in [-0.2, 0) is 0 Å². The third-order valence-electron chi connectivity index (χ3n) is 1.67. The van der Waals surface area contributed by atoms with E-state index in [1.165, 1.54) is 6.42 Å². The zero-order valence-corrected chi connectivity index (χ0v) is 5.47. The van der Waals surface area contributed by atoms with Crippen LogP contribution in [0.5, 0.6) is 0 Å². The van der Waals surface area contributed by atoms with Crippen molar-refractivity contribution in [3.05, 3.63) is 0 Å². The van der Waals surface area contributed by atoms with Crippen molar-refractivity contribution in [1.82, 2.24) is 4.90 Å². The van der Waals surface area contributed by atoms with Crippen molar-refractivity contribution in [3.63, 3.8) is 0 Å². The second kappa shape index (κ2) is 2.71. The first kappa shape index (κ1) is 6.39. The van der Waals surface area contributed by atoms with Crippen LogP contribution < -0.4 is 5.73 Å². The van der Waals surface area contributed by atoms with Crippen molar-refractivity contribution < 1.29 is 4.79 Å². The lowest BCUT2D eigenvalue weighted by atomic mass is 10.1. The summed E-state index contributed by atoms with van der Waals surface area (Å²) in [5.74, 6) is 0. The van der Waals surface area contributed by atoms with Crippen molar-refractivity contribution in [1.29, 1.82) is 0 Å². The Hall–Kier alpha value is -0.730. The van der Waals surface area contributed by atoms with Crippen molar-refractivity contribution in [2.24, 2.45) is 5.73 Å². The molecule has 0 radical (unpaired) electrons. The molecule has 1 aliphatic heterocycles. The molecule has 9 heavy (non-hydrogen) atoms.